The number of hydrogen-bond donors (Lipinski definition) is 1. The van der Waals surface area contributed by atoms with Crippen molar-refractivity contribution in [3.05, 3.63) is 23.8 Å². The Hall–Kier alpha value is -1.57. The molecule has 2 unspecified atom stereocenters. The molecule has 23 heavy (non-hydrogen) atoms. The van der Waals surface area contributed by atoms with Gasteiger partial charge in [0.15, 0.2) is 0 Å². The molecule has 0 saturated carbocycles. The molecule has 2 aliphatic rings. The molecule has 0 spiro atoms. The van der Waals surface area contributed by atoms with Crippen LogP contribution in [0.1, 0.15) is 22.6 Å². The van der Waals surface area contributed by atoms with Gasteiger partial charge in [0.2, 0.25) is 0 Å². The van der Waals surface area contributed by atoms with Crippen LogP contribution in [0.2, 0.25) is 0 Å². The Labute approximate surface area is 136 Å². The van der Waals surface area contributed by atoms with Gasteiger partial charge in [-0.25, -0.2) is 4.98 Å². The molecule has 2 atom stereocenters. The topological polar surface area (TPSA) is 76.6 Å². The molecule has 2 saturated heterocycles. The van der Waals surface area contributed by atoms with Crippen LogP contribution in [0.5, 0.6) is 0 Å². The molecule has 1 aromatic heterocycles. The highest BCUT2D eigenvalue weighted by atomic mass is 16.5. The number of morpholine rings is 1. The zero-order valence-corrected chi connectivity index (χ0v) is 13.5. The molecule has 1 N–H and O–H groups in total. The predicted molar refractivity (Wildman–Crippen MR) is 84.2 cm³/mol. The molecule has 1 amide bonds. The second-order valence-electron chi connectivity index (χ2n) is 6.09. The van der Waals surface area contributed by atoms with E-state index in [0.29, 0.717) is 18.2 Å². The van der Waals surface area contributed by atoms with Gasteiger partial charge < -0.3 is 14.8 Å². The van der Waals surface area contributed by atoms with E-state index >= 15 is 0 Å². The molecule has 1 aromatic rings. The Morgan fingerprint density at radius 3 is 2.78 bits per heavy atom. The summed E-state index contributed by atoms with van der Waals surface area (Å²) >= 11 is 0. The molecule has 2 aliphatic heterocycles. The minimum atomic E-state index is -0.172. The number of ether oxygens (including phenoxy) is 2. The van der Waals surface area contributed by atoms with Gasteiger partial charge in [-0.1, -0.05) is 0 Å². The fraction of sp³-hybridized carbons (Fsp3) is 0.688. The maximum Gasteiger partial charge on any atom is 0.271 e. The molecular weight excluding hydrogens is 296 g/mol. The summed E-state index contributed by atoms with van der Waals surface area (Å²) in [7, 11) is 0. The molecule has 0 bridgehead atoms. The van der Waals surface area contributed by atoms with Crippen molar-refractivity contribution in [3.63, 3.8) is 0 Å². The third-order valence-corrected chi connectivity index (χ3v) is 4.51. The van der Waals surface area contributed by atoms with E-state index in [2.05, 4.69) is 20.2 Å². The number of nitrogens with one attached hydrogen (secondary N) is 1. The van der Waals surface area contributed by atoms with Gasteiger partial charge in [-0.2, -0.15) is 0 Å². The predicted octanol–water partition coefficient (Wildman–Crippen LogP) is 0.252. The van der Waals surface area contributed by atoms with Gasteiger partial charge in [-0.15, -0.1) is 0 Å². The summed E-state index contributed by atoms with van der Waals surface area (Å²) in [6.45, 7) is 7.34. The van der Waals surface area contributed by atoms with E-state index < -0.39 is 0 Å². The Balaban J connectivity index is 1.61. The summed E-state index contributed by atoms with van der Waals surface area (Å²) in [6.07, 6.45) is 4.18. The first kappa shape index (κ1) is 16.3. The number of hydrogen-bond acceptors (Lipinski definition) is 6. The molecule has 0 aliphatic carbocycles. The maximum absolute atomic E-state index is 12.3. The Bertz CT molecular complexity index is 511. The highest BCUT2D eigenvalue weighted by Gasteiger charge is 2.31. The van der Waals surface area contributed by atoms with Crippen molar-refractivity contribution in [3.8, 4) is 0 Å². The summed E-state index contributed by atoms with van der Waals surface area (Å²) in [4.78, 5) is 22.9. The average molecular weight is 320 g/mol. The molecule has 7 nitrogen and oxygen atoms in total. The van der Waals surface area contributed by atoms with Crippen LogP contribution in [0.25, 0.3) is 0 Å². The highest BCUT2D eigenvalue weighted by molar-refractivity contribution is 5.91. The summed E-state index contributed by atoms with van der Waals surface area (Å²) in [5.41, 5.74) is 1.16. The van der Waals surface area contributed by atoms with E-state index in [-0.39, 0.29) is 11.9 Å². The van der Waals surface area contributed by atoms with Gasteiger partial charge in [-0.05, 0) is 13.3 Å². The minimum Gasteiger partial charge on any atom is -0.381 e. The Morgan fingerprint density at radius 1 is 1.30 bits per heavy atom. The molecule has 3 heterocycles. The first-order valence-electron chi connectivity index (χ1n) is 8.20. The number of nitrogens with zero attached hydrogens (tertiary/aromatic N) is 3. The SMILES string of the molecule is Cc1cnc(C(=O)NCC(C2CCOC2)N2CCOCC2)cn1. The summed E-state index contributed by atoms with van der Waals surface area (Å²) in [5.74, 6) is 0.284. The van der Waals surface area contributed by atoms with Crippen molar-refractivity contribution >= 4 is 5.91 Å². The number of amides is 1. The van der Waals surface area contributed by atoms with E-state index in [4.69, 9.17) is 9.47 Å². The number of carbonyl (C=O) groups excluding carboxylic acids is 1. The normalized spacial score (nSPS) is 23.6. The monoisotopic (exact) mass is 320 g/mol. The highest BCUT2D eigenvalue weighted by Crippen LogP contribution is 2.21. The van der Waals surface area contributed by atoms with Crippen molar-refractivity contribution in [2.75, 3.05) is 46.1 Å². The number of aromatic nitrogens is 2. The van der Waals surface area contributed by atoms with Gasteiger partial charge >= 0.3 is 0 Å². The van der Waals surface area contributed by atoms with Crippen LogP contribution in [0.4, 0.5) is 0 Å². The summed E-state index contributed by atoms with van der Waals surface area (Å²) in [6, 6.07) is 0.281. The van der Waals surface area contributed by atoms with Crippen LogP contribution >= 0.6 is 0 Å². The Kier molecular flexibility index (Phi) is 5.53. The molecule has 7 heteroatoms. The standard InChI is InChI=1S/C16H24N4O3/c1-12-8-18-14(9-17-12)16(21)19-10-15(13-2-5-23-11-13)20-3-6-22-7-4-20/h8-9,13,15H,2-7,10-11H2,1H3,(H,19,21). The molecule has 0 aromatic carbocycles. The van der Waals surface area contributed by atoms with Crippen molar-refractivity contribution in [2.24, 2.45) is 5.92 Å². The lowest BCUT2D eigenvalue weighted by atomic mass is 9.97. The fourth-order valence-electron chi connectivity index (χ4n) is 3.16. The van der Waals surface area contributed by atoms with Crippen LogP contribution < -0.4 is 5.32 Å². The van der Waals surface area contributed by atoms with Gasteiger partial charge in [0, 0.05) is 44.4 Å². The van der Waals surface area contributed by atoms with Crippen LogP contribution in [0.15, 0.2) is 12.4 Å². The molecule has 126 valence electrons. The lowest BCUT2D eigenvalue weighted by Gasteiger charge is -2.37. The van der Waals surface area contributed by atoms with Crippen LogP contribution in [-0.4, -0.2) is 72.9 Å². The fourth-order valence-corrected chi connectivity index (χ4v) is 3.16. The lowest BCUT2D eigenvalue weighted by Crippen LogP contribution is -2.52. The number of aryl methyl sites for hydroxylation is 1. The number of rotatable bonds is 5. The summed E-state index contributed by atoms with van der Waals surface area (Å²) < 4.78 is 11.0. The lowest BCUT2D eigenvalue weighted by molar-refractivity contribution is 0.00165. The van der Waals surface area contributed by atoms with Crippen molar-refractivity contribution in [2.45, 2.75) is 19.4 Å². The average Bonchev–Trinajstić information content (AvgIpc) is 3.11. The van der Waals surface area contributed by atoms with Crippen LogP contribution in [0, 0.1) is 12.8 Å². The van der Waals surface area contributed by atoms with Gasteiger partial charge in [0.05, 0.1) is 31.7 Å². The zero-order chi connectivity index (χ0) is 16.1. The van der Waals surface area contributed by atoms with E-state index in [0.717, 1.165) is 51.6 Å². The van der Waals surface area contributed by atoms with Crippen molar-refractivity contribution < 1.29 is 14.3 Å². The van der Waals surface area contributed by atoms with Crippen molar-refractivity contribution in [1.82, 2.24) is 20.2 Å². The third-order valence-electron chi connectivity index (χ3n) is 4.51. The maximum atomic E-state index is 12.3. The smallest absolute Gasteiger partial charge is 0.271 e. The second-order valence-corrected chi connectivity index (χ2v) is 6.09. The van der Waals surface area contributed by atoms with E-state index in [1.165, 1.54) is 6.20 Å². The first-order chi connectivity index (χ1) is 11.2. The molecule has 3 rings (SSSR count). The van der Waals surface area contributed by atoms with E-state index in [1.807, 2.05) is 6.92 Å². The third kappa shape index (κ3) is 4.25. The molecule has 2 fully saturated rings. The van der Waals surface area contributed by atoms with Gasteiger partial charge in [0.1, 0.15) is 5.69 Å². The first-order valence-corrected chi connectivity index (χ1v) is 8.20. The molecule has 0 radical (unpaired) electrons. The largest absolute Gasteiger partial charge is 0.381 e. The second kappa shape index (κ2) is 7.81. The van der Waals surface area contributed by atoms with Crippen LogP contribution in [0.3, 0.4) is 0 Å². The van der Waals surface area contributed by atoms with Gasteiger partial charge in [-0.3, -0.25) is 14.7 Å². The quantitative estimate of drug-likeness (QED) is 0.838. The summed E-state index contributed by atoms with van der Waals surface area (Å²) in [5, 5.41) is 3.01. The number of carbonyl (C=O) groups is 1. The Morgan fingerprint density at radius 2 is 2.13 bits per heavy atom. The molecular formula is C16H24N4O3. The minimum absolute atomic E-state index is 0.172. The van der Waals surface area contributed by atoms with Crippen molar-refractivity contribution in [1.29, 1.82) is 0 Å². The van der Waals surface area contributed by atoms with E-state index in [1.54, 1.807) is 6.20 Å². The van der Waals surface area contributed by atoms with Gasteiger partial charge in [0.25, 0.3) is 5.91 Å². The zero-order valence-electron chi connectivity index (χ0n) is 13.5. The van der Waals surface area contributed by atoms with E-state index in [9.17, 15) is 4.79 Å². The van der Waals surface area contributed by atoms with Crippen LogP contribution in [-0.2, 0) is 9.47 Å².